The molecule has 5 heteroatoms. The van der Waals surface area contributed by atoms with Crippen LogP contribution in [-0.4, -0.2) is 30.8 Å². The minimum Gasteiger partial charge on any atom is -0.449 e. The highest BCUT2D eigenvalue weighted by Gasteiger charge is 2.43. The first-order chi connectivity index (χ1) is 8.06. The molecule has 2 aliphatic rings. The van der Waals surface area contributed by atoms with Crippen molar-refractivity contribution in [2.24, 2.45) is 5.92 Å². The van der Waals surface area contributed by atoms with E-state index in [1.165, 1.54) is 6.92 Å². The molecule has 3 unspecified atom stereocenters. The van der Waals surface area contributed by atoms with Crippen LogP contribution in [0, 0.1) is 5.92 Å². The van der Waals surface area contributed by atoms with Gasteiger partial charge < -0.3 is 9.47 Å². The molecule has 2 amide bonds. The van der Waals surface area contributed by atoms with Gasteiger partial charge in [-0.2, -0.15) is 0 Å². The standard InChI is InChI=1S/C12H17NO4/c1-7(2)11(14)13-12(15)16-6-8-3-4-9-10(5-8)17-9/h8-10H,1,3-6H2,2H3,(H,13,14,15). The number of carbonyl (C=O) groups excluding carboxylic acids is 2. The number of fused-ring (bicyclic) bond motifs is 1. The van der Waals surface area contributed by atoms with Gasteiger partial charge in [-0.05, 0) is 32.1 Å². The number of nitrogens with one attached hydrogen (secondary N) is 1. The lowest BCUT2D eigenvalue weighted by atomic mass is 9.90. The van der Waals surface area contributed by atoms with E-state index in [4.69, 9.17) is 9.47 Å². The number of rotatable bonds is 3. The summed E-state index contributed by atoms with van der Waals surface area (Å²) in [6.07, 6.45) is 3.14. The zero-order valence-corrected chi connectivity index (χ0v) is 9.90. The third-order valence-corrected chi connectivity index (χ3v) is 3.17. The number of amides is 2. The number of alkyl carbamates (subject to hydrolysis) is 1. The maximum atomic E-state index is 11.3. The second-order valence-electron chi connectivity index (χ2n) is 4.72. The van der Waals surface area contributed by atoms with Crippen LogP contribution in [-0.2, 0) is 14.3 Å². The highest BCUT2D eigenvalue weighted by Crippen LogP contribution is 2.39. The maximum absolute atomic E-state index is 11.3. The molecule has 1 aliphatic heterocycles. The summed E-state index contributed by atoms with van der Waals surface area (Å²) in [6.45, 7) is 5.32. The minimum atomic E-state index is -0.697. The maximum Gasteiger partial charge on any atom is 0.414 e. The van der Waals surface area contributed by atoms with Crippen molar-refractivity contribution in [2.45, 2.75) is 38.4 Å². The van der Waals surface area contributed by atoms with Gasteiger partial charge in [-0.25, -0.2) is 4.79 Å². The van der Waals surface area contributed by atoms with E-state index >= 15 is 0 Å². The molecule has 2 rings (SSSR count). The molecule has 1 N–H and O–H groups in total. The summed E-state index contributed by atoms with van der Waals surface area (Å²) < 4.78 is 10.4. The number of ether oxygens (including phenoxy) is 2. The monoisotopic (exact) mass is 239 g/mol. The van der Waals surface area contributed by atoms with Crippen LogP contribution in [0.2, 0.25) is 0 Å². The Morgan fingerprint density at radius 3 is 2.82 bits per heavy atom. The molecule has 3 atom stereocenters. The van der Waals surface area contributed by atoms with Gasteiger partial charge in [0.15, 0.2) is 0 Å². The van der Waals surface area contributed by atoms with E-state index in [0.717, 1.165) is 19.3 Å². The summed E-state index contributed by atoms with van der Waals surface area (Å²) in [4.78, 5) is 22.4. The zero-order chi connectivity index (χ0) is 12.4. The van der Waals surface area contributed by atoms with Crippen LogP contribution in [0.25, 0.3) is 0 Å². The molecular weight excluding hydrogens is 222 g/mol. The summed E-state index contributed by atoms with van der Waals surface area (Å²) in [6, 6.07) is 0. The average Bonchev–Trinajstić information content (AvgIpc) is 3.04. The van der Waals surface area contributed by atoms with Crippen LogP contribution in [0.5, 0.6) is 0 Å². The van der Waals surface area contributed by atoms with E-state index < -0.39 is 12.0 Å². The van der Waals surface area contributed by atoms with Crippen molar-refractivity contribution in [3.8, 4) is 0 Å². The molecule has 1 heterocycles. The van der Waals surface area contributed by atoms with E-state index in [1.54, 1.807) is 0 Å². The van der Waals surface area contributed by atoms with Crippen LogP contribution >= 0.6 is 0 Å². The second kappa shape index (κ2) is 4.87. The van der Waals surface area contributed by atoms with Crippen LogP contribution < -0.4 is 5.32 Å². The summed E-state index contributed by atoms with van der Waals surface area (Å²) in [5.74, 6) is -0.145. The van der Waals surface area contributed by atoms with Gasteiger partial charge in [0, 0.05) is 5.57 Å². The largest absolute Gasteiger partial charge is 0.449 e. The smallest absolute Gasteiger partial charge is 0.414 e. The zero-order valence-electron chi connectivity index (χ0n) is 9.90. The van der Waals surface area contributed by atoms with Crippen LogP contribution in [0.15, 0.2) is 12.2 Å². The van der Waals surface area contributed by atoms with E-state index in [1.807, 2.05) is 0 Å². The highest BCUT2D eigenvalue weighted by atomic mass is 16.6. The Morgan fingerprint density at radius 2 is 2.18 bits per heavy atom. The Morgan fingerprint density at radius 1 is 1.41 bits per heavy atom. The van der Waals surface area contributed by atoms with Crippen molar-refractivity contribution >= 4 is 12.0 Å². The van der Waals surface area contributed by atoms with Crippen molar-refractivity contribution in [1.29, 1.82) is 0 Å². The van der Waals surface area contributed by atoms with Gasteiger partial charge >= 0.3 is 6.09 Å². The predicted octanol–water partition coefficient (Wildman–Crippen LogP) is 1.38. The number of hydrogen-bond donors (Lipinski definition) is 1. The van der Waals surface area contributed by atoms with Gasteiger partial charge in [0.05, 0.1) is 18.8 Å². The Kier molecular flexibility index (Phi) is 3.47. The molecule has 5 nitrogen and oxygen atoms in total. The fourth-order valence-electron chi connectivity index (χ4n) is 2.07. The first-order valence-corrected chi connectivity index (χ1v) is 5.85. The van der Waals surface area contributed by atoms with Crippen molar-refractivity contribution in [3.63, 3.8) is 0 Å². The molecule has 2 fully saturated rings. The van der Waals surface area contributed by atoms with Gasteiger partial charge in [0.2, 0.25) is 0 Å². The molecule has 94 valence electrons. The topological polar surface area (TPSA) is 67.9 Å². The van der Waals surface area contributed by atoms with Gasteiger partial charge in [-0.3, -0.25) is 10.1 Å². The first kappa shape index (κ1) is 12.1. The molecule has 1 saturated heterocycles. The minimum absolute atomic E-state index is 0.286. The second-order valence-corrected chi connectivity index (χ2v) is 4.72. The summed E-state index contributed by atoms with van der Waals surface area (Å²) in [7, 11) is 0. The molecule has 0 aromatic carbocycles. The fourth-order valence-corrected chi connectivity index (χ4v) is 2.07. The Bertz CT molecular complexity index is 352. The van der Waals surface area contributed by atoms with E-state index in [-0.39, 0.29) is 5.57 Å². The fraction of sp³-hybridized carbons (Fsp3) is 0.667. The lowest BCUT2D eigenvalue weighted by Gasteiger charge is -2.18. The van der Waals surface area contributed by atoms with Crippen LogP contribution in [0.1, 0.15) is 26.2 Å². The van der Waals surface area contributed by atoms with Crippen molar-refractivity contribution in [1.82, 2.24) is 5.32 Å². The van der Waals surface area contributed by atoms with E-state index in [9.17, 15) is 9.59 Å². The molecule has 0 bridgehead atoms. The SMILES string of the molecule is C=C(C)C(=O)NC(=O)OCC1CCC2OC2C1. The third-order valence-electron chi connectivity index (χ3n) is 3.17. The van der Waals surface area contributed by atoms with Gasteiger partial charge in [-0.15, -0.1) is 0 Å². The lowest BCUT2D eigenvalue weighted by molar-refractivity contribution is -0.116. The molecule has 17 heavy (non-hydrogen) atoms. The number of carbonyl (C=O) groups is 2. The van der Waals surface area contributed by atoms with Crippen molar-refractivity contribution in [2.75, 3.05) is 6.61 Å². The molecular formula is C12H17NO4. The summed E-state index contributed by atoms with van der Waals surface area (Å²) in [5.41, 5.74) is 0.286. The third kappa shape index (κ3) is 3.30. The number of imide groups is 1. The van der Waals surface area contributed by atoms with Crippen molar-refractivity contribution in [3.05, 3.63) is 12.2 Å². The van der Waals surface area contributed by atoms with Crippen molar-refractivity contribution < 1.29 is 19.1 Å². The average molecular weight is 239 g/mol. The molecule has 1 saturated carbocycles. The number of epoxide rings is 1. The van der Waals surface area contributed by atoms with E-state index in [0.29, 0.717) is 24.7 Å². The van der Waals surface area contributed by atoms with Gasteiger partial charge in [0.25, 0.3) is 5.91 Å². The van der Waals surface area contributed by atoms with Crippen LogP contribution in [0.4, 0.5) is 4.79 Å². The van der Waals surface area contributed by atoms with Gasteiger partial charge in [-0.1, -0.05) is 6.58 Å². The molecule has 0 spiro atoms. The lowest BCUT2D eigenvalue weighted by Crippen LogP contribution is -2.33. The Hall–Kier alpha value is -1.36. The molecule has 0 aromatic rings. The summed E-state index contributed by atoms with van der Waals surface area (Å²) in [5, 5.41) is 2.11. The number of hydrogen-bond acceptors (Lipinski definition) is 4. The van der Waals surface area contributed by atoms with Gasteiger partial charge in [0.1, 0.15) is 0 Å². The Labute approximate surface area is 100 Å². The molecule has 0 aromatic heterocycles. The highest BCUT2D eigenvalue weighted by molar-refractivity contribution is 6.01. The van der Waals surface area contributed by atoms with Crippen LogP contribution in [0.3, 0.4) is 0 Å². The molecule has 0 radical (unpaired) electrons. The van der Waals surface area contributed by atoms with E-state index in [2.05, 4.69) is 11.9 Å². The quantitative estimate of drug-likeness (QED) is 0.597. The predicted molar refractivity (Wildman–Crippen MR) is 60.3 cm³/mol. The normalized spacial score (nSPS) is 30.1. The first-order valence-electron chi connectivity index (χ1n) is 5.85. The molecule has 1 aliphatic carbocycles. The summed E-state index contributed by atoms with van der Waals surface area (Å²) >= 11 is 0. The Balaban J connectivity index is 1.65.